The molecule has 0 radical (unpaired) electrons. The normalized spacial score (nSPS) is 16.0. The zero-order valence-corrected chi connectivity index (χ0v) is 14.5. The van der Waals surface area contributed by atoms with Crippen LogP contribution in [-0.2, 0) is 4.74 Å². The standard InChI is InChI=1S/C17H24FN3O4/c1-12(11-25-15-5-3-13(18)4-6-15)19-16(22)20-14-7-9-21(10-8-14)17(23)24-2/h3-6,12,14H,7-11H2,1-2H3,(H2,19,20,22). The number of nitrogens with zero attached hydrogens (tertiary/aromatic N) is 1. The van der Waals surface area contributed by atoms with Gasteiger partial charge in [0.2, 0.25) is 0 Å². The Kier molecular flexibility index (Phi) is 6.85. The molecule has 1 saturated heterocycles. The first-order chi connectivity index (χ1) is 12.0. The monoisotopic (exact) mass is 353 g/mol. The van der Waals surface area contributed by atoms with Crippen LogP contribution in [0.1, 0.15) is 19.8 Å². The Morgan fingerprint density at radius 3 is 2.52 bits per heavy atom. The topological polar surface area (TPSA) is 79.9 Å². The minimum absolute atomic E-state index is 0.0196. The van der Waals surface area contributed by atoms with Crippen molar-refractivity contribution in [3.63, 3.8) is 0 Å². The van der Waals surface area contributed by atoms with Crippen LogP contribution in [0.4, 0.5) is 14.0 Å². The third-order valence-electron chi connectivity index (χ3n) is 3.95. The third kappa shape index (κ3) is 6.13. The molecule has 1 atom stereocenters. The van der Waals surface area contributed by atoms with Gasteiger partial charge in [0, 0.05) is 19.1 Å². The van der Waals surface area contributed by atoms with Crippen molar-refractivity contribution >= 4 is 12.1 Å². The molecule has 1 aliphatic heterocycles. The summed E-state index contributed by atoms with van der Waals surface area (Å²) in [5, 5.41) is 5.70. The maximum Gasteiger partial charge on any atom is 0.409 e. The first-order valence-electron chi connectivity index (χ1n) is 8.26. The highest BCUT2D eigenvalue weighted by Crippen LogP contribution is 2.12. The van der Waals surface area contributed by atoms with Crippen molar-refractivity contribution in [3.05, 3.63) is 30.1 Å². The highest BCUT2D eigenvalue weighted by atomic mass is 19.1. The molecule has 1 aliphatic rings. The fraction of sp³-hybridized carbons (Fsp3) is 0.529. The van der Waals surface area contributed by atoms with Gasteiger partial charge in [0.25, 0.3) is 0 Å². The fourth-order valence-corrected chi connectivity index (χ4v) is 2.58. The van der Waals surface area contributed by atoms with E-state index < -0.39 is 0 Å². The average molecular weight is 353 g/mol. The summed E-state index contributed by atoms with van der Waals surface area (Å²) >= 11 is 0. The van der Waals surface area contributed by atoms with Crippen LogP contribution in [0.25, 0.3) is 0 Å². The van der Waals surface area contributed by atoms with Gasteiger partial charge in [-0.2, -0.15) is 0 Å². The molecule has 7 nitrogen and oxygen atoms in total. The van der Waals surface area contributed by atoms with Crippen molar-refractivity contribution < 1.29 is 23.5 Å². The van der Waals surface area contributed by atoms with E-state index in [0.29, 0.717) is 31.7 Å². The van der Waals surface area contributed by atoms with Crippen LogP contribution in [0, 0.1) is 5.82 Å². The molecule has 1 aromatic rings. The second-order valence-corrected chi connectivity index (χ2v) is 6.02. The number of amides is 3. The number of rotatable bonds is 5. The van der Waals surface area contributed by atoms with E-state index in [9.17, 15) is 14.0 Å². The van der Waals surface area contributed by atoms with Gasteiger partial charge in [-0.25, -0.2) is 14.0 Å². The summed E-state index contributed by atoms with van der Waals surface area (Å²) < 4.78 is 23.0. The van der Waals surface area contributed by atoms with Crippen molar-refractivity contribution in [1.82, 2.24) is 15.5 Å². The molecule has 1 aromatic carbocycles. The minimum Gasteiger partial charge on any atom is -0.491 e. The quantitative estimate of drug-likeness (QED) is 0.850. The Morgan fingerprint density at radius 1 is 1.28 bits per heavy atom. The van der Waals surface area contributed by atoms with Crippen molar-refractivity contribution in [1.29, 1.82) is 0 Å². The number of hydrogen-bond acceptors (Lipinski definition) is 4. The number of benzene rings is 1. The molecular weight excluding hydrogens is 329 g/mol. The van der Waals surface area contributed by atoms with E-state index in [0.717, 1.165) is 0 Å². The van der Waals surface area contributed by atoms with E-state index in [1.807, 2.05) is 6.92 Å². The molecule has 1 unspecified atom stereocenters. The van der Waals surface area contributed by atoms with Crippen LogP contribution < -0.4 is 15.4 Å². The molecule has 8 heteroatoms. The minimum atomic E-state index is -0.338. The first-order valence-corrected chi connectivity index (χ1v) is 8.26. The van der Waals surface area contributed by atoms with E-state index >= 15 is 0 Å². The Balaban J connectivity index is 1.66. The molecule has 0 aliphatic carbocycles. The Labute approximate surface area is 146 Å². The van der Waals surface area contributed by atoms with Crippen molar-refractivity contribution in [2.45, 2.75) is 31.8 Å². The van der Waals surface area contributed by atoms with Gasteiger partial charge >= 0.3 is 12.1 Å². The number of halogens is 1. The molecule has 0 spiro atoms. The Bertz CT molecular complexity index is 574. The van der Waals surface area contributed by atoms with Gasteiger partial charge in [-0.1, -0.05) is 0 Å². The maximum atomic E-state index is 12.8. The van der Waals surface area contributed by atoms with Crippen LogP contribution in [0.5, 0.6) is 5.75 Å². The molecular formula is C17H24FN3O4. The summed E-state index contributed by atoms with van der Waals surface area (Å²) in [7, 11) is 1.36. The number of nitrogens with one attached hydrogen (secondary N) is 2. The van der Waals surface area contributed by atoms with Gasteiger partial charge in [-0.15, -0.1) is 0 Å². The zero-order chi connectivity index (χ0) is 18.2. The number of carbonyl (C=O) groups excluding carboxylic acids is 2. The maximum absolute atomic E-state index is 12.8. The highest BCUT2D eigenvalue weighted by molar-refractivity contribution is 5.74. The van der Waals surface area contributed by atoms with Gasteiger partial charge in [0.05, 0.1) is 13.2 Å². The van der Waals surface area contributed by atoms with E-state index in [1.54, 1.807) is 4.90 Å². The van der Waals surface area contributed by atoms with E-state index in [4.69, 9.17) is 4.74 Å². The number of piperidine rings is 1. The summed E-state index contributed by atoms with van der Waals surface area (Å²) in [6, 6.07) is 5.26. The van der Waals surface area contributed by atoms with Crippen molar-refractivity contribution in [3.8, 4) is 5.75 Å². The molecule has 0 saturated carbocycles. The third-order valence-corrected chi connectivity index (χ3v) is 3.95. The number of urea groups is 1. The number of likely N-dealkylation sites (tertiary alicyclic amines) is 1. The predicted molar refractivity (Wildman–Crippen MR) is 90.0 cm³/mol. The number of hydrogen-bond donors (Lipinski definition) is 2. The summed E-state index contributed by atoms with van der Waals surface area (Å²) in [6.07, 6.45) is 1.03. The lowest BCUT2D eigenvalue weighted by Gasteiger charge is -2.31. The van der Waals surface area contributed by atoms with Crippen LogP contribution >= 0.6 is 0 Å². The summed E-state index contributed by atoms with van der Waals surface area (Å²) in [6.45, 7) is 3.21. The van der Waals surface area contributed by atoms with E-state index in [-0.39, 0.29) is 36.6 Å². The molecule has 0 bridgehead atoms. The summed E-state index contributed by atoms with van der Waals surface area (Å²) in [5.41, 5.74) is 0. The van der Waals surface area contributed by atoms with Crippen LogP contribution in [0.2, 0.25) is 0 Å². The predicted octanol–water partition coefficient (Wildman–Crippen LogP) is 2.12. The molecule has 2 N–H and O–H groups in total. The SMILES string of the molecule is COC(=O)N1CCC(NC(=O)NC(C)COc2ccc(F)cc2)CC1. The van der Waals surface area contributed by atoms with E-state index in [1.165, 1.54) is 31.4 Å². The number of methoxy groups -OCH3 is 1. The molecule has 1 fully saturated rings. The Hall–Kier alpha value is -2.51. The fourth-order valence-electron chi connectivity index (χ4n) is 2.58. The molecule has 138 valence electrons. The van der Waals surface area contributed by atoms with Crippen molar-refractivity contribution in [2.75, 3.05) is 26.8 Å². The second kappa shape index (κ2) is 9.10. The summed E-state index contributed by atoms with van der Waals surface area (Å²) in [4.78, 5) is 25.1. The van der Waals surface area contributed by atoms with Gasteiger partial charge in [0.1, 0.15) is 18.2 Å². The van der Waals surface area contributed by atoms with Crippen LogP contribution in [0.3, 0.4) is 0 Å². The van der Waals surface area contributed by atoms with Crippen LogP contribution in [-0.4, -0.2) is 55.9 Å². The molecule has 1 heterocycles. The lowest BCUT2D eigenvalue weighted by atomic mass is 10.1. The summed E-state index contributed by atoms with van der Waals surface area (Å²) in [5.74, 6) is 0.224. The van der Waals surface area contributed by atoms with Gasteiger partial charge in [0.15, 0.2) is 0 Å². The highest BCUT2D eigenvalue weighted by Gasteiger charge is 2.24. The number of carbonyl (C=O) groups is 2. The van der Waals surface area contributed by atoms with Crippen molar-refractivity contribution in [2.24, 2.45) is 0 Å². The molecule has 0 aromatic heterocycles. The number of ether oxygens (including phenoxy) is 2. The van der Waals surface area contributed by atoms with Gasteiger partial charge in [-0.3, -0.25) is 0 Å². The van der Waals surface area contributed by atoms with Gasteiger partial charge in [-0.05, 0) is 44.0 Å². The van der Waals surface area contributed by atoms with E-state index in [2.05, 4.69) is 15.4 Å². The Morgan fingerprint density at radius 2 is 1.92 bits per heavy atom. The smallest absolute Gasteiger partial charge is 0.409 e. The molecule has 2 rings (SSSR count). The lowest BCUT2D eigenvalue weighted by molar-refractivity contribution is 0.110. The molecule has 25 heavy (non-hydrogen) atoms. The lowest BCUT2D eigenvalue weighted by Crippen LogP contribution is -2.51. The molecule has 3 amide bonds. The van der Waals surface area contributed by atoms with Gasteiger partial charge < -0.3 is 25.0 Å². The van der Waals surface area contributed by atoms with Crippen LogP contribution in [0.15, 0.2) is 24.3 Å². The first kappa shape index (κ1) is 18.8. The average Bonchev–Trinajstić information content (AvgIpc) is 2.61. The largest absolute Gasteiger partial charge is 0.491 e. The second-order valence-electron chi connectivity index (χ2n) is 6.02. The zero-order valence-electron chi connectivity index (χ0n) is 14.5.